The van der Waals surface area contributed by atoms with Crippen LogP contribution in [-0.4, -0.2) is 50.5 Å². The van der Waals surface area contributed by atoms with Gasteiger partial charge in [-0.05, 0) is 25.1 Å². The summed E-state index contributed by atoms with van der Waals surface area (Å²) < 4.78 is 30.5. The molecule has 20 heavy (non-hydrogen) atoms. The van der Waals surface area contributed by atoms with Gasteiger partial charge in [-0.2, -0.15) is 4.31 Å². The van der Waals surface area contributed by atoms with E-state index < -0.39 is 22.0 Å². The van der Waals surface area contributed by atoms with Crippen LogP contribution in [0, 0.1) is 0 Å². The Kier molecular flexibility index (Phi) is 5.09. The molecule has 1 unspecified atom stereocenters. The molecular weight excluding hydrogens is 284 g/mol. The monoisotopic (exact) mass is 302 g/mol. The molecule has 8 heteroatoms. The molecule has 1 aromatic rings. The van der Waals surface area contributed by atoms with Crippen LogP contribution in [0.3, 0.4) is 0 Å². The number of likely N-dealkylation sites (N-methyl/N-ethyl adjacent to an activating group) is 1. The number of nitrogens with zero attached hydrogens (tertiary/aromatic N) is 1. The van der Waals surface area contributed by atoms with Gasteiger partial charge in [0.1, 0.15) is 5.75 Å². The van der Waals surface area contributed by atoms with Gasteiger partial charge in [0, 0.05) is 13.6 Å². The maximum Gasteiger partial charge on any atom is 0.252 e. The van der Waals surface area contributed by atoms with Crippen LogP contribution in [-0.2, 0) is 10.0 Å². The van der Waals surface area contributed by atoms with Crippen LogP contribution < -0.4 is 10.5 Å². The molecule has 0 bridgehead atoms. The molecule has 0 aliphatic heterocycles. The Morgan fingerprint density at radius 1 is 1.50 bits per heavy atom. The van der Waals surface area contributed by atoms with Crippen LogP contribution >= 0.6 is 0 Å². The van der Waals surface area contributed by atoms with Crippen LogP contribution in [0.5, 0.6) is 5.75 Å². The van der Waals surface area contributed by atoms with Crippen LogP contribution in [0.1, 0.15) is 17.3 Å². The Bertz CT molecular complexity index is 598. The highest BCUT2D eigenvalue weighted by atomic mass is 32.2. The summed E-state index contributed by atoms with van der Waals surface area (Å²) in [6, 6.07) is 3.84. The van der Waals surface area contributed by atoms with E-state index in [9.17, 15) is 18.3 Å². The van der Waals surface area contributed by atoms with Crippen molar-refractivity contribution in [2.45, 2.75) is 17.9 Å². The van der Waals surface area contributed by atoms with Gasteiger partial charge in [-0.15, -0.1) is 0 Å². The minimum atomic E-state index is -3.81. The van der Waals surface area contributed by atoms with Gasteiger partial charge in [0.25, 0.3) is 5.91 Å². The number of ether oxygens (including phenoxy) is 1. The first-order valence-corrected chi connectivity index (χ1v) is 7.26. The largest absolute Gasteiger partial charge is 0.496 e. The predicted octanol–water partition coefficient (Wildman–Crippen LogP) is -0.205. The predicted molar refractivity (Wildman–Crippen MR) is 73.0 cm³/mol. The first kappa shape index (κ1) is 16.4. The molecule has 0 aliphatic carbocycles. The number of carbonyl (C=O) groups excluding carboxylic acids is 1. The number of nitrogens with two attached hydrogens (primary N) is 1. The highest BCUT2D eigenvalue weighted by molar-refractivity contribution is 7.89. The standard InChI is InChI=1S/C12H18N2O5S/c1-8(15)7-14(2)20(17,18)9-4-5-11(19-3)10(6-9)12(13)16/h4-6,8,15H,7H2,1-3H3,(H2,13,16). The fraction of sp³-hybridized carbons (Fsp3) is 0.417. The van der Waals surface area contributed by atoms with Gasteiger partial charge in [-0.25, -0.2) is 8.42 Å². The van der Waals surface area contributed by atoms with Gasteiger partial charge in [0.2, 0.25) is 10.0 Å². The molecule has 112 valence electrons. The number of sulfonamides is 1. The van der Waals surface area contributed by atoms with Crippen molar-refractivity contribution < 1.29 is 23.1 Å². The zero-order valence-electron chi connectivity index (χ0n) is 11.5. The van der Waals surface area contributed by atoms with Crippen molar-refractivity contribution in [3.05, 3.63) is 23.8 Å². The number of rotatable bonds is 6. The first-order valence-electron chi connectivity index (χ1n) is 5.82. The number of methoxy groups -OCH3 is 1. The van der Waals surface area contributed by atoms with Gasteiger partial charge in [-0.3, -0.25) is 4.79 Å². The summed E-state index contributed by atoms with van der Waals surface area (Å²) in [6.07, 6.45) is -0.802. The molecule has 0 saturated heterocycles. The highest BCUT2D eigenvalue weighted by Crippen LogP contribution is 2.23. The third kappa shape index (κ3) is 3.47. The van der Waals surface area contributed by atoms with E-state index >= 15 is 0 Å². The second-order valence-corrected chi connectivity index (χ2v) is 6.41. The second kappa shape index (κ2) is 6.21. The number of carbonyl (C=O) groups is 1. The molecule has 1 atom stereocenters. The summed E-state index contributed by atoms with van der Waals surface area (Å²) in [5.41, 5.74) is 5.18. The Morgan fingerprint density at radius 3 is 2.55 bits per heavy atom. The minimum Gasteiger partial charge on any atom is -0.496 e. The summed E-state index contributed by atoms with van der Waals surface area (Å²) in [6.45, 7) is 1.43. The summed E-state index contributed by atoms with van der Waals surface area (Å²) in [5.74, 6) is -0.577. The molecule has 1 aromatic carbocycles. The molecule has 0 fully saturated rings. The van der Waals surface area contributed by atoms with Crippen LogP contribution in [0.2, 0.25) is 0 Å². The van der Waals surface area contributed by atoms with E-state index in [1.807, 2.05) is 0 Å². The van der Waals surface area contributed by atoms with Crippen LogP contribution in [0.15, 0.2) is 23.1 Å². The number of primary amides is 1. The van der Waals surface area contributed by atoms with E-state index in [2.05, 4.69) is 0 Å². The molecule has 0 aliphatic rings. The third-order valence-corrected chi connectivity index (χ3v) is 4.49. The Morgan fingerprint density at radius 2 is 2.10 bits per heavy atom. The van der Waals surface area contributed by atoms with E-state index in [1.54, 1.807) is 0 Å². The topological polar surface area (TPSA) is 110 Å². The summed E-state index contributed by atoms with van der Waals surface area (Å²) in [7, 11) is -1.10. The number of aliphatic hydroxyl groups is 1. The maximum absolute atomic E-state index is 12.3. The number of hydrogen-bond donors (Lipinski definition) is 2. The lowest BCUT2D eigenvalue weighted by molar-refractivity contribution is 0.0997. The van der Waals surface area contributed by atoms with Crippen LogP contribution in [0.4, 0.5) is 0 Å². The quantitative estimate of drug-likeness (QED) is 0.756. The summed E-state index contributed by atoms with van der Waals surface area (Å²) in [4.78, 5) is 11.2. The van der Waals surface area contributed by atoms with E-state index in [0.29, 0.717) is 0 Å². The summed E-state index contributed by atoms with van der Waals surface area (Å²) >= 11 is 0. The van der Waals surface area contributed by atoms with Crippen molar-refractivity contribution in [3.8, 4) is 5.75 Å². The van der Waals surface area contributed by atoms with E-state index in [4.69, 9.17) is 10.5 Å². The number of benzene rings is 1. The fourth-order valence-electron chi connectivity index (χ4n) is 1.69. The second-order valence-electron chi connectivity index (χ2n) is 4.36. The molecular formula is C12H18N2O5S. The Labute approximate surface area is 118 Å². The van der Waals surface area contributed by atoms with Crippen molar-refractivity contribution in [1.29, 1.82) is 0 Å². The minimum absolute atomic E-state index is 0.0148. The van der Waals surface area contributed by atoms with Gasteiger partial charge in [-0.1, -0.05) is 0 Å². The Hall–Kier alpha value is -1.64. The van der Waals surface area contributed by atoms with E-state index in [1.165, 1.54) is 33.2 Å². The normalized spacial score (nSPS) is 13.2. The number of hydrogen-bond acceptors (Lipinski definition) is 5. The van der Waals surface area contributed by atoms with Gasteiger partial charge < -0.3 is 15.6 Å². The highest BCUT2D eigenvalue weighted by Gasteiger charge is 2.24. The van der Waals surface area contributed by atoms with Gasteiger partial charge in [0.05, 0.1) is 23.7 Å². The van der Waals surface area contributed by atoms with E-state index in [0.717, 1.165) is 10.4 Å². The number of amides is 1. The zero-order chi connectivity index (χ0) is 15.5. The lowest BCUT2D eigenvalue weighted by Crippen LogP contribution is -2.33. The van der Waals surface area contributed by atoms with Gasteiger partial charge in [0.15, 0.2) is 0 Å². The molecule has 0 spiro atoms. The zero-order valence-corrected chi connectivity index (χ0v) is 12.3. The SMILES string of the molecule is COc1ccc(S(=O)(=O)N(C)CC(C)O)cc1C(N)=O. The molecule has 1 amide bonds. The van der Waals surface area contributed by atoms with Crippen LogP contribution in [0.25, 0.3) is 0 Å². The molecule has 0 radical (unpaired) electrons. The van der Waals surface area contributed by atoms with Crippen molar-refractivity contribution in [3.63, 3.8) is 0 Å². The maximum atomic E-state index is 12.3. The fourth-order valence-corrected chi connectivity index (χ4v) is 2.97. The van der Waals surface area contributed by atoms with Crippen molar-refractivity contribution in [1.82, 2.24) is 4.31 Å². The van der Waals surface area contributed by atoms with Crippen molar-refractivity contribution >= 4 is 15.9 Å². The van der Waals surface area contributed by atoms with Crippen molar-refractivity contribution in [2.24, 2.45) is 5.73 Å². The lowest BCUT2D eigenvalue weighted by atomic mass is 10.2. The van der Waals surface area contributed by atoms with Gasteiger partial charge >= 0.3 is 0 Å². The lowest BCUT2D eigenvalue weighted by Gasteiger charge is -2.19. The molecule has 0 aromatic heterocycles. The van der Waals surface area contributed by atoms with E-state index in [-0.39, 0.29) is 22.8 Å². The Balaban J connectivity index is 3.26. The average Bonchev–Trinajstić information content (AvgIpc) is 2.36. The summed E-state index contributed by atoms with van der Waals surface area (Å²) in [5, 5.41) is 9.26. The molecule has 7 nitrogen and oxygen atoms in total. The molecule has 3 N–H and O–H groups in total. The van der Waals surface area contributed by atoms with Crippen molar-refractivity contribution in [2.75, 3.05) is 20.7 Å². The first-order chi connectivity index (χ1) is 9.20. The number of aliphatic hydroxyl groups excluding tert-OH is 1. The molecule has 0 heterocycles. The third-order valence-electron chi connectivity index (χ3n) is 2.67. The molecule has 1 rings (SSSR count). The smallest absolute Gasteiger partial charge is 0.252 e. The average molecular weight is 302 g/mol. The molecule has 0 saturated carbocycles.